The summed E-state index contributed by atoms with van der Waals surface area (Å²) in [5, 5.41) is 2.85. The van der Waals surface area contributed by atoms with Crippen LogP contribution in [0.2, 0.25) is 0 Å². The Morgan fingerprint density at radius 3 is 2.58 bits per heavy atom. The maximum Gasteiger partial charge on any atom is 0.390 e. The summed E-state index contributed by atoms with van der Waals surface area (Å²) in [6, 6.07) is 4.77. The van der Waals surface area contributed by atoms with Gasteiger partial charge in [0.25, 0.3) is 0 Å². The van der Waals surface area contributed by atoms with Gasteiger partial charge >= 0.3 is 6.18 Å². The molecule has 0 aliphatic carbocycles. The fourth-order valence-electron chi connectivity index (χ4n) is 1.91. The van der Waals surface area contributed by atoms with Crippen molar-refractivity contribution in [3.8, 4) is 11.5 Å². The summed E-state index contributed by atoms with van der Waals surface area (Å²) in [5.41, 5.74) is 0.873. The minimum Gasteiger partial charge on any atom is -0.486 e. The van der Waals surface area contributed by atoms with Crippen molar-refractivity contribution in [2.45, 2.75) is 32.1 Å². The first-order valence-electron chi connectivity index (χ1n) is 6.13. The highest BCUT2D eigenvalue weighted by molar-refractivity contribution is 5.43. The zero-order chi connectivity index (χ0) is 13.9. The van der Waals surface area contributed by atoms with Gasteiger partial charge in [0.15, 0.2) is 11.5 Å². The molecule has 0 saturated carbocycles. The lowest BCUT2D eigenvalue weighted by Crippen LogP contribution is -2.30. The predicted molar refractivity (Wildman–Crippen MR) is 64.4 cm³/mol. The highest BCUT2D eigenvalue weighted by atomic mass is 19.4. The van der Waals surface area contributed by atoms with Crippen LogP contribution >= 0.6 is 0 Å². The molecule has 6 heteroatoms. The first kappa shape index (κ1) is 14.0. The predicted octanol–water partition coefficient (Wildman–Crippen LogP) is 2.89. The number of ether oxygens (including phenoxy) is 2. The zero-order valence-corrected chi connectivity index (χ0v) is 10.6. The molecule has 0 spiro atoms. The van der Waals surface area contributed by atoms with E-state index in [-0.39, 0.29) is 0 Å². The minimum absolute atomic E-state index is 0.369. The van der Waals surface area contributed by atoms with Crippen LogP contribution in [0, 0.1) is 0 Å². The Balaban J connectivity index is 1.89. The topological polar surface area (TPSA) is 30.5 Å². The number of benzene rings is 1. The number of halogens is 3. The van der Waals surface area contributed by atoms with Gasteiger partial charge in [0.1, 0.15) is 13.2 Å². The number of nitrogens with one attached hydrogen (secondary N) is 1. The number of hydrogen-bond acceptors (Lipinski definition) is 3. The molecule has 1 N–H and O–H groups in total. The van der Waals surface area contributed by atoms with Crippen LogP contribution < -0.4 is 14.8 Å². The second-order valence-electron chi connectivity index (χ2n) is 4.58. The Morgan fingerprint density at radius 2 is 1.89 bits per heavy atom. The van der Waals surface area contributed by atoms with Crippen molar-refractivity contribution in [3.63, 3.8) is 0 Å². The van der Waals surface area contributed by atoms with Gasteiger partial charge in [-0.2, -0.15) is 13.2 Å². The molecule has 0 fully saturated rings. The molecule has 1 aliphatic heterocycles. The standard InChI is InChI=1S/C13H16F3NO2/c1-9(7-13(14,15)16)17-8-10-2-3-11-12(6-10)19-5-4-18-11/h2-3,6,9,17H,4-5,7-8H2,1H3. The molecule has 0 radical (unpaired) electrons. The van der Waals surface area contributed by atoms with Gasteiger partial charge in [-0.25, -0.2) is 0 Å². The van der Waals surface area contributed by atoms with Crippen molar-refractivity contribution in [2.75, 3.05) is 13.2 Å². The van der Waals surface area contributed by atoms with E-state index in [4.69, 9.17) is 9.47 Å². The average Bonchev–Trinajstić information content (AvgIpc) is 2.34. The smallest absolute Gasteiger partial charge is 0.390 e. The van der Waals surface area contributed by atoms with E-state index >= 15 is 0 Å². The third-order valence-corrected chi connectivity index (χ3v) is 2.80. The molecule has 1 aromatic carbocycles. The molecule has 2 rings (SSSR count). The molecule has 0 amide bonds. The molecule has 3 nitrogen and oxygen atoms in total. The van der Waals surface area contributed by atoms with Gasteiger partial charge in [0, 0.05) is 12.6 Å². The van der Waals surface area contributed by atoms with Crippen LogP contribution in [-0.4, -0.2) is 25.4 Å². The van der Waals surface area contributed by atoms with E-state index in [0.29, 0.717) is 31.3 Å². The van der Waals surface area contributed by atoms with Gasteiger partial charge in [-0.15, -0.1) is 0 Å². The van der Waals surface area contributed by atoms with Gasteiger partial charge in [0.2, 0.25) is 0 Å². The van der Waals surface area contributed by atoms with E-state index in [9.17, 15) is 13.2 Å². The second-order valence-corrected chi connectivity index (χ2v) is 4.58. The molecule has 0 bridgehead atoms. The third-order valence-electron chi connectivity index (χ3n) is 2.80. The first-order chi connectivity index (χ1) is 8.94. The molecule has 1 aromatic rings. The van der Waals surface area contributed by atoms with Crippen LogP contribution in [0.5, 0.6) is 11.5 Å². The van der Waals surface area contributed by atoms with Gasteiger partial charge in [-0.05, 0) is 24.6 Å². The van der Waals surface area contributed by atoms with Crippen LogP contribution in [0.4, 0.5) is 13.2 Å². The number of rotatable bonds is 4. The lowest BCUT2D eigenvalue weighted by Gasteiger charge is -2.20. The molecule has 0 aromatic heterocycles. The molecule has 106 valence electrons. The first-order valence-corrected chi connectivity index (χ1v) is 6.13. The quantitative estimate of drug-likeness (QED) is 0.916. The molecule has 1 aliphatic rings. The van der Waals surface area contributed by atoms with E-state index in [1.54, 1.807) is 12.1 Å². The van der Waals surface area contributed by atoms with Crippen LogP contribution in [0.25, 0.3) is 0 Å². The molecule has 0 saturated heterocycles. The van der Waals surface area contributed by atoms with Crippen LogP contribution in [0.3, 0.4) is 0 Å². The van der Waals surface area contributed by atoms with Gasteiger partial charge in [-0.3, -0.25) is 0 Å². The Hall–Kier alpha value is -1.43. The van der Waals surface area contributed by atoms with Crippen molar-refractivity contribution < 1.29 is 22.6 Å². The van der Waals surface area contributed by atoms with E-state index in [0.717, 1.165) is 5.56 Å². The van der Waals surface area contributed by atoms with E-state index in [1.165, 1.54) is 6.92 Å². The van der Waals surface area contributed by atoms with Crippen LogP contribution in [0.15, 0.2) is 18.2 Å². The van der Waals surface area contributed by atoms with Crippen LogP contribution in [0.1, 0.15) is 18.9 Å². The van der Waals surface area contributed by atoms with Crippen molar-refractivity contribution in [3.05, 3.63) is 23.8 Å². The molecule has 19 heavy (non-hydrogen) atoms. The van der Waals surface area contributed by atoms with Crippen molar-refractivity contribution in [1.82, 2.24) is 5.32 Å². The molecule has 1 heterocycles. The van der Waals surface area contributed by atoms with Gasteiger partial charge < -0.3 is 14.8 Å². The lowest BCUT2D eigenvalue weighted by molar-refractivity contribution is -0.139. The fraction of sp³-hybridized carbons (Fsp3) is 0.538. The molecular formula is C13H16F3NO2. The average molecular weight is 275 g/mol. The normalized spacial score (nSPS) is 16.2. The highest BCUT2D eigenvalue weighted by Crippen LogP contribution is 2.30. The second kappa shape index (κ2) is 5.69. The molecule has 1 unspecified atom stereocenters. The monoisotopic (exact) mass is 275 g/mol. The summed E-state index contributed by atoms with van der Waals surface area (Å²) >= 11 is 0. The fourth-order valence-corrected chi connectivity index (χ4v) is 1.91. The van der Waals surface area contributed by atoms with Crippen molar-refractivity contribution in [1.29, 1.82) is 0 Å². The minimum atomic E-state index is -4.14. The summed E-state index contributed by atoms with van der Waals surface area (Å²) in [5.74, 6) is 1.33. The number of hydrogen-bond donors (Lipinski definition) is 1. The number of alkyl halides is 3. The third kappa shape index (κ3) is 4.31. The summed E-state index contributed by atoms with van der Waals surface area (Å²) < 4.78 is 47.3. The summed E-state index contributed by atoms with van der Waals surface area (Å²) in [7, 11) is 0. The zero-order valence-electron chi connectivity index (χ0n) is 10.6. The molecular weight excluding hydrogens is 259 g/mol. The molecule has 1 atom stereocenters. The van der Waals surface area contributed by atoms with Crippen molar-refractivity contribution >= 4 is 0 Å². The SMILES string of the molecule is CC(CC(F)(F)F)NCc1ccc2c(c1)OCCO2. The highest BCUT2D eigenvalue weighted by Gasteiger charge is 2.29. The lowest BCUT2D eigenvalue weighted by atomic mass is 10.1. The summed E-state index contributed by atoms with van der Waals surface area (Å²) in [6.45, 7) is 2.90. The number of fused-ring (bicyclic) bond motifs is 1. The largest absolute Gasteiger partial charge is 0.486 e. The Morgan fingerprint density at radius 1 is 1.21 bits per heavy atom. The van der Waals surface area contributed by atoms with Gasteiger partial charge in [-0.1, -0.05) is 6.07 Å². The Labute approximate surface area is 109 Å². The maximum atomic E-state index is 12.2. The van der Waals surface area contributed by atoms with E-state index in [2.05, 4.69) is 5.32 Å². The van der Waals surface area contributed by atoms with Gasteiger partial charge in [0.05, 0.1) is 6.42 Å². The van der Waals surface area contributed by atoms with Crippen LogP contribution in [-0.2, 0) is 6.54 Å². The van der Waals surface area contributed by atoms with E-state index in [1.807, 2.05) is 6.07 Å². The summed E-state index contributed by atoms with van der Waals surface area (Å²) in [4.78, 5) is 0. The van der Waals surface area contributed by atoms with Crippen molar-refractivity contribution in [2.24, 2.45) is 0 Å². The Bertz CT molecular complexity index is 434. The maximum absolute atomic E-state index is 12.2. The summed E-state index contributed by atoms with van der Waals surface area (Å²) in [6.07, 6.45) is -4.98. The van der Waals surface area contributed by atoms with E-state index < -0.39 is 18.6 Å². The Kier molecular flexibility index (Phi) is 4.19.